The molecule has 2 N–H and O–H groups in total. The number of carboxylic acids is 1. The van der Waals surface area contributed by atoms with Crippen molar-refractivity contribution in [2.24, 2.45) is 0 Å². The normalized spacial score (nSPS) is 10.2. The number of carboxylic acid groups (broad SMARTS) is 1. The average Bonchev–Trinajstić information content (AvgIpc) is 2.51. The van der Waals surface area contributed by atoms with Crippen LogP contribution in [0.15, 0.2) is 24.3 Å². The lowest BCUT2D eigenvalue weighted by atomic mass is 10.2. The molecular formula is C17H25NO4. The summed E-state index contributed by atoms with van der Waals surface area (Å²) >= 11 is 0. The van der Waals surface area contributed by atoms with Crippen molar-refractivity contribution in [3.8, 4) is 5.75 Å². The van der Waals surface area contributed by atoms with Crippen molar-refractivity contribution in [1.29, 1.82) is 0 Å². The topological polar surface area (TPSA) is 75.6 Å². The summed E-state index contributed by atoms with van der Waals surface area (Å²) in [5.74, 6) is -0.421. The lowest BCUT2D eigenvalue weighted by Gasteiger charge is -2.09. The van der Waals surface area contributed by atoms with Crippen LogP contribution in [0.1, 0.15) is 51.0 Å². The van der Waals surface area contributed by atoms with Crippen LogP contribution in [0.4, 0.5) is 0 Å². The predicted molar refractivity (Wildman–Crippen MR) is 84.8 cm³/mol. The van der Waals surface area contributed by atoms with Crippen molar-refractivity contribution >= 4 is 11.9 Å². The maximum absolute atomic E-state index is 11.5. The van der Waals surface area contributed by atoms with Crippen LogP contribution in [0.2, 0.25) is 0 Å². The average molecular weight is 307 g/mol. The third-order valence-corrected chi connectivity index (χ3v) is 3.22. The zero-order chi connectivity index (χ0) is 16.2. The van der Waals surface area contributed by atoms with Gasteiger partial charge in [0, 0.05) is 13.0 Å². The number of rotatable bonds is 11. The molecule has 0 unspecified atom stereocenters. The van der Waals surface area contributed by atoms with Gasteiger partial charge < -0.3 is 15.2 Å². The highest BCUT2D eigenvalue weighted by molar-refractivity contribution is 5.80. The minimum absolute atomic E-state index is 0.00293. The molecule has 1 rings (SSSR count). The van der Waals surface area contributed by atoms with E-state index in [1.807, 2.05) is 24.3 Å². The molecule has 0 aliphatic heterocycles. The van der Waals surface area contributed by atoms with Gasteiger partial charge >= 0.3 is 5.97 Å². The molecule has 0 saturated heterocycles. The van der Waals surface area contributed by atoms with Crippen molar-refractivity contribution in [3.63, 3.8) is 0 Å². The Labute approximate surface area is 131 Å². The quantitative estimate of drug-likeness (QED) is 0.616. The molecule has 1 aromatic carbocycles. The van der Waals surface area contributed by atoms with Gasteiger partial charge in [0.1, 0.15) is 5.75 Å². The van der Waals surface area contributed by atoms with Crippen molar-refractivity contribution in [2.75, 3.05) is 6.61 Å². The molecule has 0 aliphatic rings. The van der Waals surface area contributed by atoms with Crippen molar-refractivity contribution < 1.29 is 19.4 Å². The zero-order valence-electron chi connectivity index (χ0n) is 13.1. The summed E-state index contributed by atoms with van der Waals surface area (Å²) in [6.07, 6.45) is 4.51. The fraction of sp³-hybridized carbons (Fsp3) is 0.529. The first-order valence-electron chi connectivity index (χ1n) is 7.82. The second-order valence-electron chi connectivity index (χ2n) is 5.23. The highest BCUT2D eigenvalue weighted by Gasteiger charge is 2.05. The van der Waals surface area contributed by atoms with Crippen LogP contribution in [0, 0.1) is 0 Å². The third-order valence-electron chi connectivity index (χ3n) is 3.22. The highest BCUT2D eigenvalue weighted by Crippen LogP contribution is 2.14. The highest BCUT2D eigenvalue weighted by atomic mass is 16.5. The summed E-state index contributed by atoms with van der Waals surface area (Å²) in [6, 6.07) is 7.59. The number of carbonyl (C=O) groups excluding carboxylic acids is 1. The molecular weight excluding hydrogens is 282 g/mol. The Bertz CT molecular complexity index is 473. The Morgan fingerprint density at radius 2 is 2.00 bits per heavy atom. The van der Waals surface area contributed by atoms with E-state index >= 15 is 0 Å². The van der Waals surface area contributed by atoms with Crippen molar-refractivity contribution in [1.82, 2.24) is 5.32 Å². The smallest absolute Gasteiger partial charge is 0.303 e. The van der Waals surface area contributed by atoms with Crippen LogP contribution in [0.3, 0.4) is 0 Å². The molecule has 0 radical (unpaired) electrons. The maximum Gasteiger partial charge on any atom is 0.303 e. The first kappa shape index (κ1) is 18.0. The van der Waals surface area contributed by atoms with E-state index < -0.39 is 5.97 Å². The molecule has 0 spiro atoms. The minimum Gasteiger partial charge on any atom is -0.494 e. The molecule has 0 aromatic heterocycles. The second-order valence-corrected chi connectivity index (χ2v) is 5.23. The van der Waals surface area contributed by atoms with Crippen LogP contribution < -0.4 is 10.1 Å². The van der Waals surface area contributed by atoms with E-state index in [1.165, 1.54) is 19.3 Å². The summed E-state index contributed by atoms with van der Waals surface area (Å²) in [5.41, 5.74) is 0.940. The molecule has 0 atom stereocenters. The van der Waals surface area contributed by atoms with E-state index in [1.54, 1.807) is 0 Å². The largest absolute Gasteiger partial charge is 0.494 e. The molecule has 0 bridgehead atoms. The van der Waals surface area contributed by atoms with Gasteiger partial charge in [-0.05, 0) is 24.1 Å². The summed E-state index contributed by atoms with van der Waals surface area (Å²) in [4.78, 5) is 21.9. The van der Waals surface area contributed by atoms with E-state index in [0.29, 0.717) is 13.2 Å². The number of nitrogens with one attached hydrogen (secondary N) is 1. The molecule has 22 heavy (non-hydrogen) atoms. The minimum atomic E-state index is -0.964. The van der Waals surface area contributed by atoms with Gasteiger partial charge in [0.2, 0.25) is 5.91 Å². The predicted octanol–water partition coefficient (Wildman–Crippen LogP) is 3.13. The van der Waals surface area contributed by atoms with E-state index in [4.69, 9.17) is 9.84 Å². The van der Waals surface area contributed by atoms with Gasteiger partial charge in [-0.3, -0.25) is 9.59 Å². The number of unbranched alkanes of at least 4 members (excludes halogenated alkanes) is 3. The van der Waals surface area contributed by atoms with E-state index in [9.17, 15) is 9.59 Å². The second kappa shape index (κ2) is 10.7. The van der Waals surface area contributed by atoms with Crippen molar-refractivity contribution in [2.45, 2.75) is 52.0 Å². The van der Waals surface area contributed by atoms with Crippen LogP contribution in [0.25, 0.3) is 0 Å². The molecule has 1 aromatic rings. The Balaban J connectivity index is 2.31. The molecule has 0 saturated carbocycles. The summed E-state index contributed by atoms with van der Waals surface area (Å²) in [7, 11) is 0. The molecule has 0 aliphatic carbocycles. The van der Waals surface area contributed by atoms with E-state index in [0.717, 1.165) is 17.7 Å². The summed E-state index contributed by atoms with van der Waals surface area (Å²) in [6.45, 7) is 3.26. The SMILES string of the molecule is CCCCCCOc1cccc(CNC(=O)CCC(=O)O)c1. The number of carbonyl (C=O) groups is 2. The first-order chi connectivity index (χ1) is 10.6. The number of hydrogen-bond acceptors (Lipinski definition) is 3. The third kappa shape index (κ3) is 8.29. The number of aliphatic carboxylic acids is 1. The maximum atomic E-state index is 11.5. The lowest BCUT2D eigenvalue weighted by Crippen LogP contribution is -2.23. The van der Waals surface area contributed by atoms with Gasteiger partial charge in [-0.15, -0.1) is 0 Å². The van der Waals surface area contributed by atoms with Gasteiger partial charge in [0.15, 0.2) is 0 Å². The molecule has 5 heteroatoms. The fourth-order valence-electron chi connectivity index (χ4n) is 1.97. The standard InChI is InChI=1S/C17H25NO4/c1-2-3-4-5-11-22-15-8-6-7-14(12-15)13-18-16(19)9-10-17(20)21/h6-8,12H,2-5,9-11,13H2,1H3,(H,18,19)(H,20,21). The number of amides is 1. The number of hydrogen-bond donors (Lipinski definition) is 2. The summed E-state index contributed by atoms with van der Waals surface area (Å²) in [5, 5.41) is 11.2. The van der Waals surface area contributed by atoms with Crippen LogP contribution >= 0.6 is 0 Å². The molecule has 0 fully saturated rings. The van der Waals surface area contributed by atoms with Gasteiger partial charge in [0.05, 0.1) is 13.0 Å². The van der Waals surface area contributed by atoms with Gasteiger partial charge in [0.25, 0.3) is 0 Å². The molecule has 1 amide bonds. The Hall–Kier alpha value is -2.04. The molecule has 5 nitrogen and oxygen atoms in total. The Kier molecular flexibility index (Phi) is 8.72. The Morgan fingerprint density at radius 3 is 2.73 bits per heavy atom. The first-order valence-corrected chi connectivity index (χ1v) is 7.82. The lowest BCUT2D eigenvalue weighted by molar-refractivity contribution is -0.138. The van der Waals surface area contributed by atoms with Crippen molar-refractivity contribution in [3.05, 3.63) is 29.8 Å². The van der Waals surface area contributed by atoms with Crippen LogP contribution in [-0.2, 0) is 16.1 Å². The molecule has 122 valence electrons. The van der Waals surface area contributed by atoms with Gasteiger partial charge in [-0.2, -0.15) is 0 Å². The van der Waals surface area contributed by atoms with Crippen LogP contribution in [0.5, 0.6) is 5.75 Å². The van der Waals surface area contributed by atoms with Crippen LogP contribution in [-0.4, -0.2) is 23.6 Å². The monoisotopic (exact) mass is 307 g/mol. The number of benzene rings is 1. The molecule has 0 heterocycles. The Morgan fingerprint density at radius 1 is 1.18 bits per heavy atom. The number of ether oxygens (including phenoxy) is 1. The fourth-order valence-corrected chi connectivity index (χ4v) is 1.97. The van der Waals surface area contributed by atoms with E-state index in [-0.39, 0.29) is 18.7 Å². The summed E-state index contributed by atoms with van der Waals surface area (Å²) < 4.78 is 5.69. The van der Waals surface area contributed by atoms with E-state index in [2.05, 4.69) is 12.2 Å². The van der Waals surface area contributed by atoms with Gasteiger partial charge in [-0.25, -0.2) is 0 Å². The van der Waals surface area contributed by atoms with Gasteiger partial charge in [-0.1, -0.05) is 38.3 Å². The zero-order valence-corrected chi connectivity index (χ0v) is 13.1.